The second-order valence-electron chi connectivity index (χ2n) is 6.05. The van der Waals surface area contributed by atoms with Crippen LogP contribution in [-0.4, -0.2) is 35.4 Å². The van der Waals surface area contributed by atoms with Gasteiger partial charge in [0.1, 0.15) is 5.75 Å². The molecule has 0 aliphatic carbocycles. The van der Waals surface area contributed by atoms with Crippen molar-refractivity contribution in [2.75, 3.05) is 19.7 Å². The second-order valence-corrected chi connectivity index (χ2v) is 6.05. The van der Waals surface area contributed by atoms with Gasteiger partial charge in [-0.2, -0.15) is 0 Å². The normalized spacial score (nSPS) is 10.6. The molecule has 1 amide bonds. The Bertz CT molecular complexity index is 775. The lowest BCUT2D eigenvalue weighted by Crippen LogP contribution is -2.29. The molecular weight excluding hydrogens is 346 g/mol. The van der Waals surface area contributed by atoms with Gasteiger partial charge in [-0.25, -0.2) is 0 Å². The van der Waals surface area contributed by atoms with Crippen LogP contribution in [0.3, 0.4) is 0 Å². The van der Waals surface area contributed by atoms with E-state index in [4.69, 9.17) is 4.74 Å². The maximum absolute atomic E-state index is 12.1. The number of ether oxygens (including phenoxy) is 1. The quantitative estimate of drug-likeness (QED) is 0.512. The van der Waals surface area contributed by atoms with E-state index in [1.165, 1.54) is 23.8 Å². The van der Waals surface area contributed by atoms with E-state index in [0.717, 1.165) is 25.2 Å². The molecule has 0 fully saturated rings. The first-order chi connectivity index (χ1) is 13.0. The van der Waals surface area contributed by atoms with Crippen molar-refractivity contribution in [2.45, 2.75) is 26.9 Å². The summed E-state index contributed by atoms with van der Waals surface area (Å²) >= 11 is 0. The van der Waals surface area contributed by atoms with Gasteiger partial charge < -0.3 is 10.1 Å². The molecule has 2 aromatic carbocycles. The standard InChI is InChI=1S/C20H25N3O4/c1-3-22(4-2)14-17-9-6-5-8-16(17)13-21-20(24)15-27-19-11-7-10-18(12-19)23(25)26/h5-12H,3-4,13-15H2,1-2H3,(H,21,24). The van der Waals surface area contributed by atoms with Gasteiger partial charge in [0.05, 0.1) is 11.0 Å². The lowest BCUT2D eigenvalue weighted by molar-refractivity contribution is -0.384. The average molecular weight is 371 g/mol. The highest BCUT2D eigenvalue weighted by Gasteiger charge is 2.10. The summed E-state index contributed by atoms with van der Waals surface area (Å²) in [6, 6.07) is 13.8. The van der Waals surface area contributed by atoms with E-state index in [1.54, 1.807) is 6.07 Å². The number of hydrogen-bond acceptors (Lipinski definition) is 5. The molecule has 0 aromatic heterocycles. The Hall–Kier alpha value is -2.93. The van der Waals surface area contributed by atoms with Crippen molar-refractivity contribution >= 4 is 11.6 Å². The third-order valence-corrected chi connectivity index (χ3v) is 4.28. The maximum atomic E-state index is 12.1. The monoisotopic (exact) mass is 371 g/mol. The van der Waals surface area contributed by atoms with Crippen LogP contribution in [0.1, 0.15) is 25.0 Å². The number of rotatable bonds is 10. The van der Waals surface area contributed by atoms with Crippen molar-refractivity contribution in [3.8, 4) is 5.75 Å². The zero-order chi connectivity index (χ0) is 19.6. The maximum Gasteiger partial charge on any atom is 0.273 e. The highest BCUT2D eigenvalue weighted by Crippen LogP contribution is 2.19. The fourth-order valence-electron chi connectivity index (χ4n) is 2.65. The molecule has 0 radical (unpaired) electrons. The molecule has 27 heavy (non-hydrogen) atoms. The van der Waals surface area contributed by atoms with E-state index >= 15 is 0 Å². The molecular formula is C20H25N3O4. The molecule has 2 aromatic rings. The van der Waals surface area contributed by atoms with E-state index in [1.807, 2.05) is 18.2 Å². The first kappa shape index (κ1) is 20.4. The Morgan fingerprint density at radius 2 is 1.81 bits per heavy atom. The third-order valence-electron chi connectivity index (χ3n) is 4.28. The highest BCUT2D eigenvalue weighted by molar-refractivity contribution is 5.77. The van der Waals surface area contributed by atoms with Gasteiger partial charge in [0.15, 0.2) is 6.61 Å². The average Bonchev–Trinajstić information content (AvgIpc) is 2.69. The van der Waals surface area contributed by atoms with Crippen LogP contribution < -0.4 is 10.1 Å². The van der Waals surface area contributed by atoms with Gasteiger partial charge in [-0.3, -0.25) is 19.8 Å². The lowest BCUT2D eigenvalue weighted by Gasteiger charge is -2.20. The second kappa shape index (κ2) is 10.3. The van der Waals surface area contributed by atoms with Crippen molar-refractivity contribution < 1.29 is 14.5 Å². The molecule has 0 bridgehead atoms. The molecule has 7 heteroatoms. The molecule has 144 valence electrons. The van der Waals surface area contributed by atoms with Crippen molar-refractivity contribution in [3.63, 3.8) is 0 Å². The third kappa shape index (κ3) is 6.38. The Kier molecular flexibility index (Phi) is 7.76. The lowest BCUT2D eigenvalue weighted by atomic mass is 10.1. The molecule has 2 rings (SSSR count). The molecule has 0 unspecified atom stereocenters. The molecule has 1 N–H and O–H groups in total. The van der Waals surface area contributed by atoms with E-state index in [2.05, 4.69) is 30.1 Å². The van der Waals surface area contributed by atoms with Crippen LogP contribution in [0.5, 0.6) is 5.75 Å². The van der Waals surface area contributed by atoms with E-state index < -0.39 is 4.92 Å². The number of benzene rings is 2. The fraction of sp³-hybridized carbons (Fsp3) is 0.350. The zero-order valence-corrected chi connectivity index (χ0v) is 15.7. The Morgan fingerprint density at radius 3 is 2.48 bits per heavy atom. The smallest absolute Gasteiger partial charge is 0.273 e. The molecule has 0 saturated carbocycles. The minimum absolute atomic E-state index is 0.0711. The Labute approximate surface area is 159 Å². The summed E-state index contributed by atoms with van der Waals surface area (Å²) in [7, 11) is 0. The minimum Gasteiger partial charge on any atom is -0.484 e. The number of nitro groups is 1. The molecule has 0 spiro atoms. The molecule has 7 nitrogen and oxygen atoms in total. The van der Waals surface area contributed by atoms with Gasteiger partial charge in [0, 0.05) is 19.2 Å². The van der Waals surface area contributed by atoms with Crippen LogP contribution in [0.4, 0.5) is 5.69 Å². The van der Waals surface area contributed by atoms with Crippen LogP contribution >= 0.6 is 0 Å². The van der Waals surface area contributed by atoms with Gasteiger partial charge in [-0.15, -0.1) is 0 Å². The number of carbonyl (C=O) groups excluding carboxylic acids is 1. The summed E-state index contributed by atoms with van der Waals surface area (Å²) in [5, 5.41) is 13.6. The van der Waals surface area contributed by atoms with Crippen molar-refractivity contribution in [3.05, 3.63) is 69.8 Å². The van der Waals surface area contributed by atoms with Crippen LogP contribution in [0, 0.1) is 10.1 Å². The van der Waals surface area contributed by atoms with Crippen LogP contribution in [-0.2, 0) is 17.9 Å². The number of nitro benzene ring substituents is 1. The van der Waals surface area contributed by atoms with E-state index in [0.29, 0.717) is 12.3 Å². The number of nitrogens with zero attached hydrogens (tertiary/aromatic N) is 2. The molecule has 0 atom stereocenters. The summed E-state index contributed by atoms with van der Waals surface area (Å²) in [5.74, 6) is 0.0143. The van der Waals surface area contributed by atoms with E-state index in [-0.39, 0.29) is 18.2 Å². The number of non-ortho nitro benzene ring substituents is 1. The Balaban J connectivity index is 1.89. The number of hydrogen-bond donors (Lipinski definition) is 1. The van der Waals surface area contributed by atoms with Gasteiger partial charge in [-0.1, -0.05) is 44.2 Å². The van der Waals surface area contributed by atoms with Crippen molar-refractivity contribution in [1.82, 2.24) is 10.2 Å². The molecule has 0 aliphatic rings. The minimum atomic E-state index is -0.500. The summed E-state index contributed by atoms with van der Waals surface area (Å²) in [6.45, 7) is 7.23. The van der Waals surface area contributed by atoms with Crippen LogP contribution in [0.15, 0.2) is 48.5 Å². The Morgan fingerprint density at radius 1 is 1.11 bits per heavy atom. The van der Waals surface area contributed by atoms with E-state index in [9.17, 15) is 14.9 Å². The summed E-state index contributed by atoms with van der Waals surface area (Å²) in [4.78, 5) is 24.7. The summed E-state index contributed by atoms with van der Waals surface area (Å²) in [6.07, 6.45) is 0. The molecule has 0 heterocycles. The number of carbonyl (C=O) groups is 1. The SMILES string of the molecule is CCN(CC)Cc1ccccc1CNC(=O)COc1cccc([N+](=O)[O-])c1. The van der Waals surface area contributed by atoms with Crippen LogP contribution in [0.2, 0.25) is 0 Å². The summed E-state index contributed by atoms with van der Waals surface area (Å²) < 4.78 is 5.35. The largest absolute Gasteiger partial charge is 0.484 e. The first-order valence-corrected chi connectivity index (χ1v) is 8.96. The predicted octanol–water partition coefficient (Wildman–Crippen LogP) is 3.13. The predicted molar refractivity (Wildman–Crippen MR) is 104 cm³/mol. The number of nitrogens with one attached hydrogen (secondary N) is 1. The first-order valence-electron chi connectivity index (χ1n) is 8.96. The fourth-order valence-corrected chi connectivity index (χ4v) is 2.65. The van der Waals surface area contributed by atoms with Gasteiger partial charge >= 0.3 is 0 Å². The van der Waals surface area contributed by atoms with Gasteiger partial charge in [0.25, 0.3) is 11.6 Å². The molecule has 0 saturated heterocycles. The van der Waals surface area contributed by atoms with Crippen molar-refractivity contribution in [1.29, 1.82) is 0 Å². The van der Waals surface area contributed by atoms with Gasteiger partial charge in [0.2, 0.25) is 0 Å². The topological polar surface area (TPSA) is 84.7 Å². The summed E-state index contributed by atoms with van der Waals surface area (Å²) in [5.41, 5.74) is 2.17. The van der Waals surface area contributed by atoms with Crippen molar-refractivity contribution in [2.24, 2.45) is 0 Å². The number of amides is 1. The molecule has 0 aliphatic heterocycles. The van der Waals surface area contributed by atoms with Gasteiger partial charge in [-0.05, 0) is 30.3 Å². The zero-order valence-electron chi connectivity index (χ0n) is 15.7. The highest BCUT2D eigenvalue weighted by atomic mass is 16.6. The van der Waals surface area contributed by atoms with Crippen LogP contribution in [0.25, 0.3) is 0 Å².